The molecule has 0 spiro atoms. The van der Waals surface area contributed by atoms with E-state index < -0.39 is 0 Å². The number of hydrogen-bond acceptors (Lipinski definition) is 4. The highest BCUT2D eigenvalue weighted by molar-refractivity contribution is 5.94. The summed E-state index contributed by atoms with van der Waals surface area (Å²) < 4.78 is 5.11. The molecule has 0 aliphatic carbocycles. The van der Waals surface area contributed by atoms with Gasteiger partial charge in [-0.1, -0.05) is 12.1 Å². The Balaban J connectivity index is 1.94. The van der Waals surface area contributed by atoms with Crippen molar-refractivity contribution >= 4 is 11.5 Å². The van der Waals surface area contributed by atoms with Crippen molar-refractivity contribution in [1.82, 2.24) is 4.90 Å². The number of carbonyl (C=O) groups is 1. The number of anilines is 1. The largest absolute Gasteiger partial charge is 0.383 e. The monoisotopic (exact) mass is 262 g/mol. The predicted molar refractivity (Wildman–Crippen MR) is 77.0 cm³/mol. The molecule has 4 heteroatoms. The molecular weight excluding hydrogens is 240 g/mol. The van der Waals surface area contributed by atoms with E-state index in [-0.39, 0.29) is 5.78 Å². The van der Waals surface area contributed by atoms with Crippen LogP contribution in [0, 0.1) is 0 Å². The first-order chi connectivity index (χ1) is 9.20. The summed E-state index contributed by atoms with van der Waals surface area (Å²) in [6, 6.07) is 7.91. The third-order valence-electron chi connectivity index (χ3n) is 3.60. The molecule has 1 aromatic carbocycles. The van der Waals surface area contributed by atoms with Crippen molar-refractivity contribution < 1.29 is 9.53 Å². The van der Waals surface area contributed by atoms with Gasteiger partial charge < -0.3 is 9.64 Å². The molecule has 1 fully saturated rings. The van der Waals surface area contributed by atoms with Crippen LogP contribution in [0.25, 0.3) is 0 Å². The summed E-state index contributed by atoms with van der Waals surface area (Å²) in [6.45, 7) is 7.51. The number of nitrogens with zero attached hydrogens (tertiary/aromatic N) is 2. The van der Waals surface area contributed by atoms with E-state index in [1.807, 2.05) is 18.2 Å². The van der Waals surface area contributed by atoms with Crippen LogP contribution >= 0.6 is 0 Å². The molecule has 19 heavy (non-hydrogen) atoms. The van der Waals surface area contributed by atoms with Crippen LogP contribution in [0.3, 0.4) is 0 Å². The second-order valence-electron chi connectivity index (χ2n) is 4.93. The van der Waals surface area contributed by atoms with Crippen LogP contribution in [0.4, 0.5) is 5.69 Å². The van der Waals surface area contributed by atoms with E-state index in [9.17, 15) is 4.79 Å². The molecule has 0 bridgehead atoms. The lowest BCUT2D eigenvalue weighted by atomic mass is 10.1. The van der Waals surface area contributed by atoms with Crippen molar-refractivity contribution in [2.75, 3.05) is 51.3 Å². The summed E-state index contributed by atoms with van der Waals surface area (Å²) in [5, 5.41) is 0. The summed E-state index contributed by atoms with van der Waals surface area (Å²) in [7, 11) is 1.74. The van der Waals surface area contributed by atoms with Crippen molar-refractivity contribution in [2.24, 2.45) is 0 Å². The van der Waals surface area contributed by atoms with Gasteiger partial charge in [0.15, 0.2) is 5.78 Å². The van der Waals surface area contributed by atoms with E-state index in [2.05, 4.69) is 15.9 Å². The normalized spacial score (nSPS) is 16.6. The van der Waals surface area contributed by atoms with E-state index in [1.165, 1.54) is 0 Å². The summed E-state index contributed by atoms with van der Waals surface area (Å²) in [4.78, 5) is 16.2. The Labute approximate surface area is 115 Å². The number of hydrogen-bond donors (Lipinski definition) is 0. The highest BCUT2D eigenvalue weighted by Gasteiger charge is 2.17. The fourth-order valence-corrected chi connectivity index (χ4v) is 2.37. The summed E-state index contributed by atoms with van der Waals surface area (Å²) in [5.41, 5.74) is 1.94. The minimum absolute atomic E-state index is 0.126. The first kappa shape index (κ1) is 14.0. The van der Waals surface area contributed by atoms with Gasteiger partial charge in [-0.2, -0.15) is 0 Å². The summed E-state index contributed by atoms with van der Waals surface area (Å²) in [5.74, 6) is 0.126. The lowest BCUT2D eigenvalue weighted by molar-refractivity contribution is 0.101. The minimum atomic E-state index is 0.126. The molecule has 0 saturated carbocycles. The van der Waals surface area contributed by atoms with Crippen LogP contribution in [0.15, 0.2) is 24.3 Å². The van der Waals surface area contributed by atoms with Crippen molar-refractivity contribution in [3.63, 3.8) is 0 Å². The number of Topliss-reactive ketones (excluding diaryl/α,β-unsaturated/α-hetero) is 1. The summed E-state index contributed by atoms with van der Waals surface area (Å²) in [6.07, 6.45) is 0. The number of methoxy groups -OCH3 is 1. The van der Waals surface area contributed by atoms with Gasteiger partial charge in [0.05, 0.1) is 6.61 Å². The standard InChI is InChI=1S/C15H22N2O2/c1-13(18)14-4-3-5-15(12-14)17-8-6-16(7-9-17)10-11-19-2/h3-5,12H,6-11H2,1-2H3. The fraction of sp³-hybridized carbons (Fsp3) is 0.533. The third kappa shape index (κ3) is 3.78. The lowest BCUT2D eigenvalue weighted by Gasteiger charge is -2.36. The van der Waals surface area contributed by atoms with Gasteiger partial charge in [0.2, 0.25) is 0 Å². The molecule has 1 aliphatic rings. The smallest absolute Gasteiger partial charge is 0.159 e. The Morgan fingerprint density at radius 2 is 2.00 bits per heavy atom. The Bertz CT molecular complexity index is 426. The Hall–Kier alpha value is -1.39. The maximum Gasteiger partial charge on any atom is 0.159 e. The Morgan fingerprint density at radius 3 is 2.63 bits per heavy atom. The van der Waals surface area contributed by atoms with Gasteiger partial charge >= 0.3 is 0 Å². The highest BCUT2D eigenvalue weighted by atomic mass is 16.5. The third-order valence-corrected chi connectivity index (χ3v) is 3.60. The first-order valence-corrected chi connectivity index (χ1v) is 6.78. The Kier molecular flexibility index (Phi) is 4.93. The van der Waals surface area contributed by atoms with Crippen molar-refractivity contribution in [1.29, 1.82) is 0 Å². The number of benzene rings is 1. The number of piperazine rings is 1. The van der Waals surface area contributed by atoms with Gasteiger partial charge in [0.1, 0.15) is 0 Å². The van der Waals surface area contributed by atoms with Crippen molar-refractivity contribution in [3.8, 4) is 0 Å². The molecule has 0 atom stereocenters. The molecular formula is C15H22N2O2. The van der Waals surface area contributed by atoms with E-state index in [0.29, 0.717) is 0 Å². The molecule has 0 unspecified atom stereocenters. The van der Waals surface area contributed by atoms with Gasteiger partial charge in [-0.05, 0) is 19.1 Å². The molecule has 1 heterocycles. The van der Waals surface area contributed by atoms with E-state index in [0.717, 1.165) is 50.6 Å². The molecule has 104 valence electrons. The average molecular weight is 262 g/mol. The molecule has 1 aromatic rings. The lowest BCUT2D eigenvalue weighted by Crippen LogP contribution is -2.47. The zero-order valence-electron chi connectivity index (χ0n) is 11.8. The van der Waals surface area contributed by atoms with Crippen LogP contribution in [0.1, 0.15) is 17.3 Å². The molecule has 0 N–H and O–H groups in total. The number of ketones is 1. The van der Waals surface area contributed by atoms with Crippen LogP contribution < -0.4 is 4.90 Å². The molecule has 1 saturated heterocycles. The second-order valence-corrected chi connectivity index (χ2v) is 4.93. The Morgan fingerprint density at radius 1 is 1.26 bits per heavy atom. The zero-order chi connectivity index (χ0) is 13.7. The highest BCUT2D eigenvalue weighted by Crippen LogP contribution is 2.18. The molecule has 1 aliphatic heterocycles. The van der Waals surface area contributed by atoms with Crippen LogP contribution in [-0.2, 0) is 4.74 Å². The molecule has 0 radical (unpaired) electrons. The van der Waals surface area contributed by atoms with Crippen molar-refractivity contribution in [3.05, 3.63) is 29.8 Å². The van der Waals surface area contributed by atoms with Gasteiger partial charge in [0, 0.05) is 51.1 Å². The predicted octanol–water partition coefficient (Wildman–Crippen LogP) is 1.66. The fourth-order valence-electron chi connectivity index (χ4n) is 2.37. The van der Waals surface area contributed by atoms with Crippen LogP contribution in [-0.4, -0.2) is 57.1 Å². The second kappa shape index (κ2) is 6.68. The molecule has 0 amide bonds. The van der Waals surface area contributed by atoms with Crippen LogP contribution in [0.2, 0.25) is 0 Å². The quantitative estimate of drug-likeness (QED) is 0.756. The first-order valence-electron chi connectivity index (χ1n) is 6.78. The van der Waals surface area contributed by atoms with E-state index >= 15 is 0 Å². The number of ether oxygens (including phenoxy) is 1. The number of carbonyl (C=O) groups excluding carboxylic acids is 1. The van der Waals surface area contributed by atoms with Gasteiger partial charge in [-0.25, -0.2) is 0 Å². The maximum absolute atomic E-state index is 11.4. The minimum Gasteiger partial charge on any atom is -0.383 e. The number of rotatable bonds is 5. The maximum atomic E-state index is 11.4. The molecule has 0 aromatic heterocycles. The summed E-state index contributed by atoms with van der Waals surface area (Å²) >= 11 is 0. The van der Waals surface area contributed by atoms with Gasteiger partial charge in [-0.15, -0.1) is 0 Å². The SMILES string of the molecule is COCCN1CCN(c2cccc(C(C)=O)c2)CC1. The zero-order valence-corrected chi connectivity index (χ0v) is 11.8. The van der Waals surface area contributed by atoms with Crippen molar-refractivity contribution in [2.45, 2.75) is 6.92 Å². The van der Waals surface area contributed by atoms with Gasteiger partial charge in [0.25, 0.3) is 0 Å². The average Bonchev–Trinajstić information content (AvgIpc) is 2.46. The van der Waals surface area contributed by atoms with Gasteiger partial charge in [-0.3, -0.25) is 9.69 Å². The van der Waals surface area contributed by atoms with E-state index in [1.54, 1.807) is 14.0 Å². The topological polar surface area (TPSA) is 32.8 Å². The van der Waals surface area contributed by atoms with E-state index in [4.69, 9.17) is 4.74 Å². The van der Waals surface area contributed by atoms with Crippen LogP contribution in [0.5, 0.6) is 0 Å². The molecule has 4 nitrogen and oxygen atoms in total. The molecule has 2 rings (SSSR count).